The Labute approximate surface area is 138 Å². The molecule has 1 aromatic heterocycles. The summed E-state index contributed by atoms with van der Waals surface area (Å²) in [5, 5.41) is 14.9. The van der Waals surface area contributed by atoms with Crippen molar-refractivity contribution in [1.82, 2.24) is 5.32 Å². The average molecular weight is 337 g/mol. The zero-order valence-electron chi connectivity index (χ0n) is 12.9. The van der Waals surface area contributed by atoms with Crippen LogP contribution >= 0.6 is 11.3 Å². The van der Waals surface area contributed by atoms with E-state index in [-0.39, 0.29) is 31.2 Å². The summed E-state index contributed by atoms with van der Waals surface area (Å²) < 4.78 is 18.6. The fourth-order valence-corrected chi connectivity index (χ4v) is 2.79. The predicted octanol–water partition coefficient (Wildman–Crippen LogP) is 3.07. The molecule has 0 saturated carbocycles. The van der Waals surface area contributed by atoms with Crippen LogP contribution in [0.15, 0.2) is 41.8 Å². The van der Waals surface area contributed by atoms with Crippen LogP contribution in [0, 0.1) is 5.82 Å². The molecule has 2 aromatic rings. The lowest BCUT2D eigenvalue weighted by Gasteiger charge is -2.22. The molecule has 0 saturated heterocycles. The summed E-state index contributed by atoms with van der Waals surface area (Å²) in [5.41, 5.74) is -1.08. The molecule has 0 aliphatic heterocycles. The van der Waals surface area contributed by atoms with E-state index in [9.17, 15) is 14.3 Å². The summed E-state index contributed by atoms with van der Waals surface area (Å²) in [4.78, 5) is 12.6. The van der Waals surface area contributed by atoms with Crippen molar-refractivity contribution in [3.63, 3.8) is 0 Å². The molecule has 0 bridgehead atoms. The highest BCUT2D eigenvalue weighted by atomic mass is 32.1. The molecule has 1 aromatic carbocycles. The molecule has 0 radical (unpaired) electrons. The molecular formula is C17H20FNO3S. The van der Waals surface area contributed by atoms with Crippen molar-refractivity contribution >= 4 is 17.2 Å². The number of halogens is 1. The summed E-state index contributed by atoms with van der Waals surface area (Å²) >= 11 is 1.45. The number of ether oxygens (including phenoxy) is 1. The quantitative estimate of drug-likeness (QED) is 0.728. The number of carbonyl (C=O) groups is 1. The molecule has 1 atom stereocenters. The monoisotopic (exact) mass is 337 g/mol. The van der Waals surface area contributed by atoms with Crippen LogP contribution in [-0.2, 0) is 10.4 Å². The topological polar surface area (TPSA) is 58.6 Å². The number of aliphatic hydroxyl groups is 1. The highest BCUT2D eigenvalue weighted by Crippen LogP contribution is 2.24. The second-order valence-electron chi connectivity index (χ2n) is 5.41. The van der Waals surface area contributed by atoms with Crippen LogP contribution in [-0.4, -0.2) is 24.2 Å². The van der Waals surface area contributed by atoms with Crippen molar-refractivity contribution in [3.05, 3.63) is 52.5 Å². The Morgan fingerprint density at radius 1 is 1.35 bits per heavy atom. The normalized spacial score (nSPS) is 13.3. The number of para-hydroxylation sites is 1. The molecule has 4 nitrogen and oxygen atoms in total. The van der Waals surface area contributed by atoms with Crippen molar-refractivity contribution in [3.8, 4) is 5.75 Å². The minimum atomic E-state index is -1.08. The Morgan fingerprint density at radius 3 is 2.83 bits per heavy atom. The zero-order valence-corrected chi connectivity index (χ0v) is 13.7. The van der Waals surface area contributed by atoms with Gasteiger partial charge in [0, 0.05) is 11.3 Å². The molecule has 2 N–H and O–H groups in total. The molecule has 0 aliphatic carbocycles. The largest absolute Gasteiger partial charge is 0.491 e. The molecule has 1 amide bonds. The van der Waals surface area contributed by atoms with E-state index in [0.29, 0.717) is 6.42 Å². The number of hydrogen-bond acceptors (Lipinski definition) is 4. The van der Waals surface area contributed by atoms with Gasteiger partial charge in [-0.1, -0.05) is 18.2 Å². The number of thiophene rings is 1. The highest BCUT2D eigenvalue weighted by molar-refractivity contribution is 7.10. The lowest BCUT2D eigenvalue weighted by Crippen LogP contribution is -2.38. The van der Waals surface area contributed by atoms with Crippen molar-refractivity contribution < 1.29 is 19.0 Å². The molecule has 2 rings (SSSR count). The first-order valence-electron chi connectivity index (χ1n) is 7.39. The number of carbonyl (C=O) groups excluding carboxylic acids is 1. The van der Waals surface area contributed by atoms with Crippen LogP contribution in [0.3, 0.4) is 0 Å². The SMILES string of the molecule is CC(O)(CNC(=O)CCCOc1ccccc1F)c1cccs1. The Hall–Kier alpha value is -1.92. The zero-order chi connectivity index (χ0) is 16.7. The molecule has 0 spiro atoms. The molecule has 1 heterocycles. The smallest absolute Gasteiger partial charge is 0.220 e. The Bertz CT molecular complexity index is 629. The fourth-order valence-electron chi connectivity index (χ4n) is 2.01. The molecule has 0 fully saturated rings. The van der Waals surface area contributed by atoms with Gasteiger partial charge in [0.1, 0.15) is 5.60 Å². The van der Waals surface area contributed by atoms with Crippen LogP contribution < -0.4 is 10.1 Å². The van der Waals surface area contributed by atoms with Crippen LogP contribution in [0.4, 0.5) is 4.39 Å². The summed E-state index contributed by atoms with van der Waals surface area (Å²) in [7, 11) is 0. The Kier molecular flexibility index (Phi) is 6.12. The van der Waals surface area contributed by atoms with Crippen molar-refractivity contribution in [2.75, 3.05) is 13.2 Å². The Balaban J connectivity index is 1.67. The Morgan fingerprint density at radius 2 is 2.13 bits per heavy atom. The number of benzene rings is 1. The van der Waals surface area contributed by atoms with E-state index in [1.165, 1.54) is 17.4 Å². The standard InChI is InChI=1S/C17H20FNO3S/c1-17(21,15-8-5-11-23-15)12-19-16(20)9-4-10-22-14-7-3-2-6-13(14)18/h2-3,5-8,11,21H,4,9-10,12H2,1H3,(H,19,20). The van der Waals surface area contributed by atoms with Crippen LogP contribution in [0.2, 0.25) is 0 Å². The molecule has 6 heteroatoms. The van der Waals surface area contributed by atoms with Gasteiger partial charge in [0.15, 0.2) is 11.6 Å². The molecule has 23 heavy (non-hydrogen) atoms. The van der Waals surface area contributed by atoms with E-state index in [0.717, 1.165) is 4.88 Å². The van der Waals surface area contributed by atoms with Gasteiger partial charge >= 0.3 is 0 Å². The number of nitrogens with one attached hydrogen (secondary N) is 1. The van der Waals surface area contributed by atoms with Gasteiger partial charge in [0.05, 0.1) is 13.2 Å². The number of hydrogen-bond donors (Lipinski definition) is 2. The highest BCUT2D eigenvalue weighted by Gasteiger charge is 2.24. The van der Waals surface area contributed by atoms with Gasteiger partial charge in [-0.3, -0.25) is 4.79 Å². The predicted molar refractivity (Wildman–Crippen MR) is 88.0 cm³/mol. The maximum Gasteiger partial charge on any atom is 0.220 e. The van der Waals surface area contributed by atoms with E-state index in [2.05, 4.69) is 5.32 Å². The maximum absolute atomic E-state index is 13.3. The van der Waals surface area contributed by atoms with Gasteiger partial charge in [-0.25, -0.2) is 4.39 Å². The summed E-state index contributed by atoms with van der Waals surface area (Å²) in [5.74, 6) is -0.392. The fraction of sp³-hybridized carbons (Fsp3) is 0.353. The maximum atomic E-state index is 13.3. The molecule has 124 valence electrons. The van der Waals surface area contributed by atoms with E-state index >= 15 is 0 Å². The third kappa shape index (κ3) is 5.33. The number of amides is 1. The lowest BCUT2D eigenvalue weighted by molar-refractivity contribution is -0.122. The second-order valence-corrected chi connectivity index (χ2v) is 6.36. The van der Waals surface area contributed by atoms with E-state index in [1.54, 1.807) is 25.1 Å². The molecule has 1 unspecified atom stereocenters. The van der Waals surface area contributed by atoms with Crippen molar-refractivity contribution in [2.45, 2.75) is 25.4 Å². The van der Waals surface area contributed by atoms with Gasteiger partial charge in [-0.05, 0) is 36.9 Å². The van der Waals surface area contributed by atoms with Gasteiger partial charge < -0.3 is 15.2 Å². The minimum absolute atomic E-state index is 0.153. The second kappa shape index (κ2) is 8.08. The van der Waals surface area contributed by atoms with Crippen molar-refractivity contribution in [1.29, 1.82) is 0 Å². The van der Waals surface area contributed by atoms with Gasteiger partial charge in [-0.2, -0.15) is 0 Å². The van der Waals surface area contributed by atoms with Crippen LogP contribution in [0.5, 0.6) is 5.75 Å². The minimum Gasteiger partial charge on any atom is -0.491 e. The lowest BCUT2D eigenvalue weighted by atomic mass is 10.1. The van der Waals surface area contributed by atoms with Gasteiger partial charge in [0.25, 0.3) is 0 Å². The average Bonchev–Trinajstić information content (AvgIpc) is 3.06. The summed E-state index contributed by atoms with van der Waals surface area (Å²) in [6.07, 6.45) is 0.732. The third-order valence-electron chi connectivity index (χ3n) is 3.32. The first-order chi connectivity index (χ1) is 11.0. The van der Waals surface area contributed by atoms with Gasteiger partial charge in [-0.15, -0.1) is 11.3 Å². The van der Waals surface area contributed by atoms with E-state index in [4.69, 9.17) is 4.74 Å². The number of rotatable bonds is 8. The van der Waals surface area contributed by atoms with E-state index < -0.39 is 11.4 Å². The third-order valence-corrected chi connectivity index (χ3v) is 4.45. The summed E-state index contributed by atoms with van der Waals surface area (Å²) in [6, 6.07) is 9.85. The molecular weight excluding hydrogens is 317 g/mol. The van der Waals surface area contributed by atoms with E-state index in [1.807, 2.05) is 17.5 Å². The van der Waals surface area contributed by atoms with Crippen molar-refractivity contribution in [2.24, 2.45) is 0 Å². The van der Waals surface area contributed by atoms with Crippen LogP contribution in [0.25, 0.3) is 0 Å². The summed E-state index contributed by atoms with van der Waals surface area (Å²) in [6.45, 7) is 2.08. The van der Waals surface area contributed by atoms with Gasteiger partial charge in [0.2, 0.25) is 5.91 Å². The first kappa shape index (κ1) is 17.4. The molecule has 0 aliphatic rings. The van der Waals surface area contributed by atoms with Crippen LogP contribution in [0.1, 0.15) is 24.6 Å². The first-order valence-corrected chi connectivity index (χ1v) is 8.27.